The summed E-state index contributed by atoms with van der Waals surface area (Å²) in [6.45, 7) is 3.87. The molecule has 0 unspecified atom stereocenters. The number of aryl methyl sites for hydroxylation is 2. The van der Waals surface area contributed by atoms with Crippen molar-refractivity contribution >= 4 is 23.7 Å². The molecule has 0 aromatic heterocycles. The minimum Gasteiger partial charge on any atom is -0.295 e. The highest BCUT2D eigenvalue weighted by Gasteiger charge is 2.13. The smallest absolute Gasteiger partial charge is 0.257 e. The maximum Gasteiger partial charge on any atom is 0.257 e. The minimum atomic E-state index is -0.413. The van der Waals surface area contributed by atoms with Gasteiger partial charge in [-0.15, -0.1) is 0 Å². The van der Waals surface area contributed by atoms with E-state index in [0.29, 0.717) is 18.4 Å². The molecule has 3 aromatic carbocycles. The zero-order valence-electron chi connectivity index (χ0n) is 16.0. The van der Waals surface area contributed by atoms with Crippen LogP contribution in [0.5, 0.6) is 0 Å². The zero-order valence-corrected chi connectivity index (χ0v) is 16.0. The normalized spacial score (nSPS) is 11.1. The quantitative estimate of drug-likeness (QED) is 0.511. The van der Waals surface area contributed by atoms with E-state index in [9.17, 15) is 9.59 Å². The molecule has 4 heteroatoms. The van der Waals surface area contributed by atoms with Crippen molar-refractivity contribution in [2.45, 2.75) is 20.3 Å². The second-order valence-corrected chi connectivity index (χ2v) is 6.63. The number of imide groups is 1. The van der Waals surface area contributed by atoms with Crippen LogP contribution in [0, 0.1) is 13.8 Å². The van der Waals surface area contributed by atoms with Crippen molar-refractivity contribution in [2.24, 2.45) is 4.99 Å². The van der Waals surface area contributed by atoms with Crippen LogP contribution in [0.2, 0.25) is 0 Å². The van der Waals surface area contributed by atoms with Crippen molar-refractivity contribution in [3.8, 4) is 0 Å². The molecule has 3 rings (SSSR count). The molecule has 28 heavy (non-hydrogen) atoms. The van der Waals surface area contributed by atoms with E-state index in [1.807, 2.05) is 68.4 Å². The maximum atomic E-state index is 12.2. The predicted molar refractivity (Wildman–Crippen MR) is 112 cm³/mol. The van der Waals surface area contributed by atoms with Crippen LogP contribution in [-0.2, 0) is 11.2 Å². The van der Waals surface area contributed by atoms with Gasteiger partial charge in [-0.2, -0.15) is 0 Å². The summed E-state index contributed by atoms with van der Waals surface area (Å²) in [6, 6.07) is 23.7. The Morgan fingerprint density at radius 3 is 2.36 bits per heavy atom. The Balaban J connectivity index is 2.09. The number of rotatable bonds is 6. The lowest BCUT2D eigenvalue weighted by Gasteiger charge is -2.12. The van der Waals surface area contributed by atoms with Crippen LogP contribution >= 0.6 is 0 Å². The number of amides is 2. The highest BCUT2D eigenvalue weighted by atomic mass is 16.2. The van der Waals surface area contributed by atoms with Gasteiger partial charge in [0.15, 0.2) is 0 Å². The van der Waals surface area contributed by atoms with Crippen LogP contribution in [0.15, 0.2) is 77.8 Å². The van der Waals surface area contributed by atoms with Crippen LogP contribution in [0.3, 0.4) is 0 Å². The first-order valence-corrected chi connectivity index (χ1v) is 9.11. The highest BCUT2D eigenvalue weighted by molar-refractivity contribution is 6.07. The number of carbonyl (C=O) groups is 2. The van der Waals surface area contributed by atoms with Gasteiger partial charge in [0.2, 0.25) is 6.41 Å². The molecule has 0 aliphatic rings. The molecule has 0 bridgehead atoms. The molecule has 1 N–H and O–H groups in total. The third kappa shape index (κ3) is 4.60. The summed E-state index contributed by atoms with van der Waals surface area (Å²) in [6.07, 6.45) is 1.04. The molecule has 0 spiro atoms. The monoisotopic (exact) mass is 370 g/mol. The number of hydrogen-bond donors (Lipinski definition) is 1. The van der Waals surface area contributed by atoms with Gasteiger partial charge in [-0.25, -0.2) is 0 Å². The molecule has 2 amide bonds. The fraction of sp³-hybridized carbons (Fsp3) is 0.125. The molecule has 0 heterocycles. The molecule has 0 saturated heterocycles. The van der Waals surface area contributed by atoms with Crippen molar-refractivity contribution < 1.29 is 9.59 Å². The highest BCUT2D eigenvalue weighted by Crippen LogP contribution is 2.22. The lowest BCUT2D eigenvalue weighted by atomic mass is 9.97. The molecule has 0 fully saturated rings. The van der Waals surface area contributed by atoms with Gasteiger partial charge >= 0.3 is 0 Å². The Bertz CT molecular complexity index is 1020. The number of hydrogen-bond acceptors (Lipinski definition) is 3. The SMILES string of the molecule is Cc1ccccc1/N=C(\Cc1ccccc1)c1ccc(C)c(C(=O)NC=O)c1. The molecule has 140 valence electrons. The first-order valence-electron chi connectivity index (χ1n) is 9.11. The average Bonchev–Trinajstić information content (AvgIpc) is 2.70. The van der Waals surface area contributed by atoms with Gasteiger partial charge < -0.3 is 0 Å². The third-order valence-electron chi connectivity index (χ3n) is 4.59. The molecule has 3 aromatic rings. The summed E-state index contributed by atoms with van der Waals surface area (Å²) in [7, 11) is 0. The van der Waals surface area contributed by atoms with E-state index in [1.165, 1.54) is 0 Å². The fourth-order valence-electron chi connectivity index (χ4n) is 3.01. The third-order valence-corrected chi connectivity index (χ3v) is 4.59. The summed E-state index contributed by atoms with van der Waals surface area (Å²) in [5.74, 6) is -0.413. The fourth-order valence-corrected chi connectivity index (χ4v) is 3.01. The van der Waals surface area contributed by atoms with Crippen LogP contribution in [0.25, 0.3) is 0 Å². The van der Waals surface area contributed by atoms with Crippen LogP contribution in [0.1, 0.15) is 32.6 Å². The molecular weight excluding hydrogens is 348 g/mol. The van der Waals surface area contributed by atoms with Crippen LogP contribution in [-0.4, -0.2) is 18.0 Å². The Labute approximate surface area is 165 Å². The van der Waals surface area contributed by atoms with Gasteiger partial charge in [-0.3, -0.25) is 19.9 Å². The molecule has 0 radical (unpaired) electrons. The van der Waals surface area contributed by atoms with Crippen molar-refractivity contribution in [2.75, 3.05) is 0 Å². The number of nitrogens with zero attached hydrogens (tertiary/aromatic N) is 1. The standard InChI is InChI=1S/C24H22N2O2/c1-17-12-13-20(15-21(17)24(28)25-16-27)23(14-19-9-4-3-5-10-19)26-22-11-7-6-8-18(22)2/h3-13,15-16H,14H2,1-2H3,(H,25,27,28)/b26-23+. The first kappa shape index (κ1) is 19.2. The van der Waals surface area contributed by atoms with Crippen molar-refractivity contribution in [3.63, 3.8) is 0 Å². The second kappa shape index (κ2) is 8.91. The lowest BCUT2D eigenvalue weighted by molar-refractivity contribution is -0.108. The minimum absolute atomic E-state index is 0.404. The van der Waals surface area contributed by atoms with E-state index in [2.05, 4.69) is 17.4 Å². The number of aliphatic imine (C=N–C) groups is 1. The predicted octanol–water partition coefficient (Wildman–Crippen LogP) is 4.55. The van der Waals surface area contributed by atoms with Gasteiger partial charge in [0, 0.05) is 12.0 Å². The van der Waals surface area contributed by atoms with E-state index >= 15 is 0 Å². The topological polar surface area (TPSA) is 58.5 Å². The van der Waals surface area contributed by atoms with E-state index in [4.69, 9.17) is 4.99 Å². The van der Waals surface area contributed by atoms with Gasteiger partial charge in [-0.1, -0.05) is 60.7 Å². The largest absolute Gasteiger partial charge is 0.295 e. The Kier molecular flexibility index (Phi) is 6.12. The Morgan fingerprint density at radius 2 is 1.64 bits per heavy atom. The average molecular weight is 370 g/mol. The molecule has 0 aliphatic heterocycles. The van der Waals surface area contributed by atoms with E-state index in [1.54, 1.807) is 6.07 Å². The molecular formula is C24H22N2O2. The summed E-state index contributed by atoms with van der Waals surface area (Å²) in [4.78, 5) is 27.8. The molecule has 0 aliphatic carbocycles. The maximum absolute atomic E-state index is 12.2. The summed E-state index contributed by atoms with van der Waals surface area (Å²) in [5, 5.41) is 2.22. The van der Waals surface area contributed by atoms with Crippen molar-refractivity contribution in [3.05, 3.63) is 101 Å². The van der Waals surface area contributed by atoms with Gasteiger partial charge in [0.1, 0.15) is 0 Å². The number of para-hydroxylation sites is 1. The van der Waals surface area contributed by atoms with E-state index in [-0.39, 0.29) is 0 Å². The van der Waals surface area contributed by atoms with Crippen molar-refractivity contribution in [1.82, 2.24) is 5.32 Å². The summed E-state index contributed by atoms with van der Waals surface area (Å²) < 4.78 is 0. The summed E-state index contributed by atoms with van der Waals surface area (Å²) in [5.41, 5.74) is 6.10. The molecule has 4 nitrogen and oxygen atoms in total. The van der Waals surface area contributed by atoms with Crippen molar-refractivity contribution in [1.29, 1.82) is 0 Å². The zero-order chi connectivity index (χ0) is 19.9. The molecule has 0 atom stereocenters. The molecule has 0 saturated carbocycles. The van der Waals surface area contributed by atoms with Crippen LogP contribution in [0.4, 0.5) is 5.69 Å². The number of nitrogens with one attached hydrogen (secondary N) is 1. The van der Waals surface area contributed by atoms with Crippen LogP contribution < -0.4 is 5.32 Å². The van der Waals surface area contributed by atoms with Gasteiger partial charge in [0.25, 0.3) is 5.91 Å². The lowest BCUT2D eigenvalue weighted by Crippen LogP contribution is -2.22. The van der Waals surface area contributed by atoms with E-state index < -0.39 is 5.91 Å². The Hall–Kier alpha value is -3.53. The van der Waals surface area contributed by atoms with E-state index in [0.717, 1.165) is 33.7 Å². The summed E-state index contributed by atoms with van der Waals surface area (Å²) >= 11 is 0. The first-order chi connectivity index (χ1) is 13.6. The second-order valence-electron chi connectivity index (χ2n) is 6.63. The van der Waals surface area contributed by atoms with Gasteiger partial charge in [-0.05, 0) is 48.2 Å². The number of carbonyl (C=O) groups excluding carboxylic acids is 2. The van der Waals surface area contributed by atoms with Gasteiger partial charge in [0.05, 0.1) is 11.4 Å². The Morgan fingerprint density at radius 1 is 0.929 bits per heavy atom. The number of benzene rings is 3.